The van der Waals surface area contributed by atoms with E-state index in [1.165, 1.54) is 0 Å². The molecule has 2 atom stereocenters. The van der Waals surface area contributed by atoms with Gasteiger partial charge in [-0.25, -0.2) is 0 Å². The first-order valence-electron chi connectivity index (χ1n) is 4.36. The van der Waals surface area contributed by atoms with Crippen LogP contribution in [-0.4, -0.2) is 40.6 Å². The molecule has 2 saturated heterocycles. The summed E-state index contributed by atoms with van der Waals surface area (Å²) in [6.45, 7) is 0.738. The normalized spacial score (nSPS) is 40.7. The zero-order valence-electron chi connectivity index (χ0n) is 6.99. The minimum atomic E-state index is -0.659. The van der Waals surface area contributed by atoms with Crippen molar-refractivity contribution in [2.75, 3.05) is 13.2 Å². The molecule has 2 rings (SSSR count). The van der Waals surface area contributed by atoms with Crippen LogP contribution < -0.4 is 5.73 Å². The van der Waals surface area contributed by atoms with E-state index in [1.807, 2.05) is 4.90 Å². The van der Waals surface area contributed by atoms with E-state index in [0.29, 0.717) is 6.42 Å². The quantitative estimate of drug-likeness (QED) is 0.534. The van der Waals surface area contributed by atoms with Crippen molar-refractivity contribution in [2.24, 2.45) is 5.73 Å². The van der Waals surface area contributed by atoms with Crippen molar-refractivity contribution < 1.29 is 9.90 Å². The second-order valence-corrected chi connectivity index (χ2v) is 3.81. The third kappa shape index (κ3) is 0.881. The lowest BCUT2D eigenvalue weighted by atomic mass is 9.91. The molecule has 2 fully saturated rings. The molecule has 0 aromatic heterocycles. The van der Waals surface area contributed by atoms with Crippen LogP contribution in [0.2, 0.25) is 0 Å². The zero-order valence-corrected chi connectivity index (χ0v) is 6.99. The number of nitrogens with two attached hydrogens (primary N) is 1. The van der Waals surface area contributed by atoms with E-state index in [-0.39, 0.29) is 18.6 Å². The van der Waals surface area contributed by atoms with Gasteiger partial charge in [0.15, 0.2) is 0 Å². The molecule has 0 spiro atoms. The van der Waals surface area contributed by atoms with Gasteiger partial charge in [-0.3, -0.25) is 4.79 Å². The number of nitrogens with zero attached hydrogens (tertiary/aromatic N) is 1. The molecule has 12 heavy (non-hydrogen) atoms. The first-order chi connectivity index (χ1) is 5.67. The summed E-state index contributed by atoms with van der Waals surface area (Å²) in [4.78, 5) is 13.2. The average molecular weight is 170 g/mol. The Labute approximate surface area is 71.3 Å². The van der Waals surface area contributed by atoms with Gasteiger partial charge in [0, 0.05) is 13.0 Å². The van der Waals surface area contributed by atoms with E-state index in [4.69, 9.17) is 10.8 Å². The number of hydrogen-bond donors (Lipinski definition) is 2. The Bertz CT molecular complexity index is 219. The fraction of sp³-hybridized carbons (Fsp3) is 0.875. The third-order valence-corrected chi connectivity index (χ3v) is 3.01. The molecule has 0 aromatic rings. The van der Waals surface area contributed by atoms with Crippen LogP contribution in [0.4, 0.5) is 0 Å². The summed E-state index contributed by atoms with van der Waals surface area (Å²) in [5, 5.41) is 9.09. The Morgan fingerprint density at radius 1 is 1.75 bits per heavy atom. The van der Waals surface area contributed by atoms with Crippen LogP contribution in [0.3, 0.4) is 0 Å². The summed E-state index contributed by atoms with van der Waals surface area (Å²) < 4.78 is 0. The molecule has 1 amide bonds. The maximum absolute atomic E-state index is 11.4. The number of aliphatic hydroxyl groups excluding tert-OH is 1. The molecule has 0 bridgehead atoms. The van der Waals surface area contributed by atoms with Gasteiger partial charge < -0.3 is 15.7 Å². The van der Waals surface area contributed by atoms with E-state index in [1.54, 1.807) is 0 Å². The number of hydrogen-bond acceptors (Lipinski definition) is 3. The molecular weight excluding hydrogens is 156 g/mol. The minimum absolute atomic E-state index is 0.0834. The standard InChI is InChI=1S/C8H14N2O2/c9-8(5-11)4-7(12)10-3-1-2-6(8)10/h6,11H,1-5,9H2. The lowest BCUT2D eigenvalue weighted by Crippen LogP contribution is -2.52. The van der Waals surface area contributed by atoms with Crippen molar-refractivity contribution in [3.05, 3.63) is 0 Å². The summed E-state index contributed by atoms with van der Waals surface area (Å²) in [5.41, 5.74) is 5.26. The van der Waals surface area contributed by atoms with Crippen molar-refractivity contribution in [1.29, 1.82) is 0 Å². The first-order valence-corrected chi connectivity index (χ1v) is 4.36. The molecule has 2 unspecified atom stereocenters. The maximum atomic E-state index is 11.4. The van der Waals surface area contributed by atoms with Crippen molar-refractivity contribution in [3.8, 4) is 0 Å². The van der Waals surface area contributed by atoms with Crippen LogP contribution in [0.15, 0.2) is 0 Å². The monoisotopic (exact) mass is 170 g/mol. The molecule has 2 heterocycles. The highest BCUT2D eigenvalue weighted by atomic mass is 16.3. The zero-order chi connectivity index (χ0) is 8.77. The van der Waals surface area contributed by atoms with E-state index in [0.717, 1.165) is 19.4 Å². The van der Waals surface area contributed by atoms with Gasteiger partial charge in [-0.2, -0.15) is 0 Å². The predicted octanol–water partition coefficient (Wildman–Crippen LogP) is -0.929. The molecular formula is C8H14N2O2. The van der Waals surface area contributed by atoms with Gasteiger partial charge in [0.2, 0.25) is 5.91 Å². The van der Waals surface area contributed by atoms with Crippen molar-refractivity contribution in [2.45, 2.75) is 30.8 Å². The van der Waals surface area contributed by atoms with Gasteiger partial charge in [0.05, 0.1) is 18.2 Å². The molecule has 0 radical (unpaired) electrons. The highest BCUT2D eigenvalue weighted by Crippen LogP contribution is 2.34. The van der Waals surface area contributed by atoms with Gasteiger partial charge in [-0.1, -0.05) is 0 Å². The number of carbonyl (C=O) groups excluding carboxylic acids is 1. The van der Waals surface area contributed by atoms with E-state index < -0.39 is 5.54 Å². The summed E-state index contributed by atoms with van der Waals surface area (Å²) in [7, 11) is 0. The fourth-order valence-corrected chi connectivity index (χ4v) is 2.33. The average Bonchev–Trinajstić information content (AvgIpc) is 2.58. The van der Waals surface area contributed by atoms with Crippen molar-refractivity contribution in [3.63, 3.8) is 0 Å². The first kappa shape index (κ1) is 8.01. The lowest BCUT2D eigenvalue weighted by Gasteiger charge is -2.27. The second-order valence-electron chi connectivity index (χ2n) is 3.81. The Morgan fingerprint density at radius 2 is 2.50 bits per heavy atom. The second kappa shape index (κ2) is 2.44. The summed E-state index contributed by atoms with van der Waals surface area (Å²) in [6, 6.07) is 0.0926. The lowest BCUT2D eigenvalue weighted by molar-refractivity contribution is -0.127. The van der Waals surface area contributed by atoms with Gasteiger partial charge in [-0.15, -0.1) is 0 Å². The molecule has 2 aliphatic heterocycles. The van der Waals surface area contributed by atoms with Gasteiger partial charge in [0.25, 0.3) is 0 Å². The molecule has 68 valence electrons. The van der Waals surface area contributed by atoms with Crippen LogP contribution in [0, 0.1) is 0 Å². The van der Waals surface area contributed by atoms with Gasteiger partial charge >= 0.3 is 0 Å². The van der Waals surface area contributed by atoms with Crippen LogP contribution in [0.5, 0.6) is 0 Å². The third-order valence-electron chi connectivity index (χ3n) is 3.01. The maximum Gasteiger partial charge on any atom is 0.224 e. The van der Waals surface area contributed by atoms with Crippen molar-refractivity contribution in [1.82, 2.24) is 4.90 Å². The Balaban J connectivity index is 2.25. The van der Waals surface area contributed by atoms with E-state index in [2.05, 4.69) is 0 Å². The molecule has 2 aliphatic rings. The molecule has 4 nitrogen and oxygen atoms in total. The number of fused-ring (bicyclic) bond motifs is 1. The Hall–Kier alpha value is -0.610. The highest BCUT2D eigenvalue weighted by molar-refractivity contribution is 5.81. The molecule has 0 aromatic carbocycles. The van der Waals surface area contributed by atoms with Gasteiger partial charge in [-0.05, 0) is 12.8 Å². The largest absolute Gasteiger partial charge is 0.394 e. The highest BCUT2D eigenvalue weighted by Gasteiger charge is 2.50. The molecule has 0 saturated carbocycles. The summed E-state index contributed by atoms with van der Waals surface area (Å²) >= 11 is 0. The van der Waals surface area contributed by atoms with Crippen LogP contribution in [-0.2, 0) is 4.79 Å². The van der Waals surface area contributed by atoms with Crippen molar-refractivity contribution >= 4 is 5.91 Å². The number of carbonyl (C=O) groups is 1. The Morgan fingerprint density at radius 3 is 3.17 bits per heavy atom. The SMILES string of the molecule is NC1(CO)CC(=O)N2CCCC21. The smallest absolute Gasteiger partial charge is 0.224 e. The predicted molar refractivity (Wildman–Crippen MR) is 43.4 cm³/mol. The molecule has 3 N–H and O–H groups in total. The number of aliphatic hydroxyl groups is 1. The minimum Gasteiger partial charge on any atom is -0.394 e. The van der Waals surface area contributed by atoms with Crippen LogP contribution in [0.25, 0.3) is 0 Å². The topological polar surface area (TPSA) is 66.6 Å². The van der Waals surface area contributed by atoms with Gasteiger partial charge in [0.1, 0.15) is 0 Å². The molecule has 0 aliphatic carbocycles. The van der Waals surface area contributed by atoms with E-state index >= 15 is 0 Å². The summed E-state index contributed by atoms with van der Waals surface area (Å²) in [5.74, 6) is 0.106. The fourth-order valence-electron chi connectivity index (χ4n) is 2.33. The molecule has 4 heteroatoms. The van der Waals surface area contributed by atoms with E-state index in [9.17, 15) is 4.79 Å². The Kier molecular flexibility index (Phi) is 1.63. The number of rotatable bonds is 1. The van der Waals surface area contributed by atoms with Crippen LogP contribution >= 0.6 is 0 Å². The number of amides is 1. The summed E-state index contributed by atoms with van der Waals surface area (Å²) in [6.07, 6.45) is 2.28. The van der Waals surface area contributed by atoms with Crippen LogP contribution in [0.1, 0.15) is 19.3 Å².